The van der Waals surface area contributed by atoms with Gasteiger partial charge in [-0.3, -0.25) is 4.79 Å². The van der Waals surface area contributed by atoms with Crippen molar-refractivity contribution in [3.8, 4) is 5.75 Å². The van der Waals surface area contributed by atoms with E-state index in [9.17, 15) is 4.79 Å². The first-order valence-electron chi connectivity index (χ1n) is 4.78. The SMILES string of the molecule is Cc1cc(C)c(OCCC(N)=O)cc1N. The third-order valence-corrected chi connectivity index (χ3v) is 2.17. The van der Waals surface area contributed by atoms with Crippen LogP contribution in [-0.4, -0.2) is 12.5 Å². The van der Waals surface area contributed by atoms with Gasteiger partial charge in [0, 0.05) is 11.8 Å². The van der Waals surface area contributed by atoms with Gasteiger partial charge in [0.05, 0.1) is 13.0 Å². The number of anilines is 1. The van der Waals surface area contributed by atoms with Crippen molar-refractivity contribution < 1.29 is 9.53 Å². The van der Waals surface area contributed by atoms with Crippen molar-refractivity contribution >= 4 is 11.6 Å². The molecule has 15 heavy (non-hydrogen) atoms. The molecule has 0 bridgehead atoms. The van der Waals surface area contributed by atoms with Crippen LogP contribution in [0, 0.1) is 13.8 Å². The number of carbonyl (C=O) groups excluding carboxylic acids is 1. The van der Waals surface area contributed by atoms with Gasteiger partial charge < -0.3 is 16.2 Å². The summed E-state index contributed by atoms with van der Waals surface area (Å²) in [6, 6.07) is 3.72. The van der Waals surface area contributed by atoms with Crippen molar-refractivity contribution in [2.75, 3.05) is 12.3 Å². The summed E-state index contributed by atoms with van der Waals surface area (Å²) in [6.45, 7) is 4.17. The number of rotatable bonds is 4. The van der Waals surface area contributed by atoms with Gasteiger partial charge >= 0.3 is 0 Å². The molecule has 0 spiro atoms. The molecule has 4 nitrogen and oxygen atoms in total. The lowest BCUT2D eigenvalue weighted by atomic mass is 10.1. The number of hydrogen-bond acceptors (Lipinski definition) is 3. The number of primary amides is 1. The molecule has 4 heteroatoms. The summed E-state index contributed by atoms with van der Waals surface area (Å²) in [5, 5.41) is 0. The van der Waals surface area contributed by atoms with Crippen molar-refractivity contribution in [1.82, 2.24) is 0 Å². The van der Waals surface area contributed by atoms with Crippen molar-refractivity contribution in [1.29, 1.82) is 0 Å². The van der Waals surface area contributed by atoms with Gasteiger partial charge in [-0.05, 0) is 25.0 Å². The summed E-state index contributed by atoms with van der Waals surface area (Å²) in [6.07, 6.45) is 0.215. The maximum absolute atomic E-state index is 10.5. The molecule has 4 N–H and O–H groups in total. The van der Waals surface area contributed by atoms with E-state index in [1.54, 1.807) is 6.07 Å². The Balaban J connectivity index is 2.69. The second-order valence-corrected chi connectivity index (χ2v) is 3.54. The molecule has 0 aliphatic heterocycles. The standard InChI is InChI=1S/C11H16N2O2/c1-7-5-8(2)10(6-9(7)12)15-4-3-11(13)14/h5-6H,3-4,12H2,1-2H3,(H2,13,14). The molecule has 0 atom stereocenters. The Hall–Kier alpha value is -1.71. The number of ether oxygens (including phenoxy) is 1. The highest BCUT2D eigenvalue weighted by Crippen LogP contribution is 2.24. The molecule has 0 saturated carbocycles. The minimum Gasteiger partial charge on any atom is -0.493 e. The number of amides is 1. The first-order chi connectivity index (χ1) is 7.00. The summed E-state index contributed by atoms with van der Waals surface area (Å²) in [5.41, 5.74) is 13.5. The van der Waals surface area contributed by atoms with E-state index in [1.807, 2.05) is 19.9 Å². The summed E-state index contributed by atoms with van der Waals surface area (Å²) >= 11 is 0. The zero-order valence-corrected chi connectivity index (χ0v) is 9.04. The van der Waals surface area contributed by atoms with Gasteiger partial charge in [-0.2, -0.15) is 0 Å². The van der Waals surface area contributed by atoms with Gasteiger partial charge in [-0.25, -0.2) is 0 Å². The van der Waals surface area contributed by atoms with Crippen molar-refractivity contribution in [3.63, 3.8) is 0 Å². The lowest BCUT2D eigenvalue weighted by molar-refractivity contribution is -0.118. The maximum Gasteiger partial charge on any atom is 0.220 e. The Morgan fingerprint density at radius 1 is 1.33 bits per heavy atom. The number of hydrogen-bond donors (Lipinski definition) is 2. The second kappa shape index (κ2) is 4.68. The quantitative estimate of drug-likeness (QED) is 0.728. The average Bonchev–Trinajstić information content (AvgIpc) is 2.13. The van der Waals surface area contributed by atoms with E-state index in [2.05, 4.69) is 0 Å². The highest BCUT2D eigenvalue weighted by molar-refractivity contribution is 5.73. The van der Waals surface area contributed by atoms with Crippen LogP contribution in [0.4, 0.5) is 5.69 Å². The zero-order chi connectivity index (χ0) is 11.4. The van der Waals surface area contributed by atoms with E-state index in [4.69, 9.17) is 16.2 Å². The molecule has 1 aromatic carbocycles. The van der Waals surface area contributed by atoms with Gasteiger partial charge in [0.15, 0.2) is 0 Å². The molecule has 0 aromatic heterocycles. The van der Waals surface area contributed by atoms with E-state index in [-0.39, 0.29) is 12.3 Å². The molecule has 0 heterocycles. The highest BCUT2D eigenvalue weighted by Gasteiger charge is 2.03. The van der Waals surface area contributed by atoms with Crippen LogP contribution in [0.3, 0.4) is 0 Å². The molecule has 1 aromatic rings. The Bertz CT molecular complexity index is 375. The number of nitrogen functional groups attached to an aromatic ring is 1. The molecule has 0 radical (unpaired) electrons. The molecule has 0 aliphatic rings. The van der Waals surface area contributed by atoms with E-state index in [1.165, 1.54) is 0 Å². The average molecular weight is 208 g/mol. The Morgan fingerprint density at radius 2 is 2.00 bits per heavy atom. The van der Waals surface area contributed by atoms with Crippen LogP contribution in [0.2, 0.25) is 0 Å². The van der Waals surface area contributed by atoms with Crippen LogP contribution in [-0.2, 0) is 4.79 Å². The van der Waals surface area contributed by atoms with Crippen LogP contribution < -0.4 is 16.2 Å². The molecule has 0 aliphatic carbocycles. The third kappa shape index (κ3) is 3.16. The summed E-state index contributed by atoms with van der Waals surface area (Å²) < 4.78 is 5.40. The van der Waals surface area contributed by atoms with Crippen LogP contribution in [0.5, 0.6) is 5.75 Å². The fourth-order valence-corrected chi connectivity index (χ4v) is 1.27. The molecule has 0 unspecified atom stereocenters. The van der Waals surface area contributed by atoms with Gasteiger partial charge in [-0.1, -0.05) is 6.07 Å². The second-order valence-electron chi connectivity index (χ2n) is 3.54. The number of benzene rings is 1. The molecule has 1 amide bonds. The van der Waals surface area contributed by atoms with Gasteiger partial charge in [0.2, 0.25) is 5.91 Å². The monoisotopic (exact) mass is 208 g/mol. The zero-order valence-electron chi connectivity index (χ0n) is 9.04. The first kappa shape index (κ1) is 11.4. The predicted octanol–water partition coefficient (Wildman–Crippen LogP) is 1.14. The number of aryl methyl sites for hydroxylation is 2. The predicted molar refractivity (Wildman–Crippen MR) is 59.6 cm³/mol. The van der Waals surface area contributed by atoms with Crippen molar-refractivity contribution in [2.45, 2.75) is 20.3 Å². The lowest BCUT2D eigenvalue weighted by Crippen LogP contribution is -2.14. The largest absolute Gasteiger partial charge is 0.493 e. The fourth-order valence-electron chi connectivity index (χ4n) is 1.27. The van der Waals surface area contributed by atoms with Crippen LogP contribution in [0.25, 0.3) is 0 Å². The van der Waals surface area contributed by atoms with E-state index < -0.39 is 0 Å². The Kier molecular flexibility index (Phi) is 3.55. The van der Waals surface area contributed by atoms with Crippen molar-refractivity contribution in [3.05, 3.63) is 23.3 Å². The van der Waals surface area contributed by atoms with Crippen molar-refractivity contribution in [2.24, 2.45) is 5.73 Å². The smallest absolute Gasteiger partial charge is 0.220 e. The van der Waals surface area contributed by atoms with E-state index in [0.29, 0.717) is 18.0 Å². The molecular formula is C11H16N2O2. The molecule has 0 fully saturated rings. The van der Waals surface area contributed by atoms with E-state index >= 15 is 0 Å². The topological polar surface area (TPSA) is 78.3 Å². The van der Waals surface area contributed by atoms with Crippen LogP contribution in [0.15, 0.2) is 12.1 Å². The van der Waals surface area contributed by atoms with Gasteiger partial charge in [-0.15, -0.1) is 0 Å². The normalized spacial score (nSPS) is 10.0. The summed E-state index contributed by atoms with van der Waals surface area (Å²) in [4.78, 5) is 10.5. The highest BCUT2D eigenvalue weighted by atomic mass is 16.5. The maximum atomic E-state index is 10.5. The van der Waals surface area contributed by atoms with E-state index in [0.717, 1.165) is 11.1 Å². The molecule has 82 valence electrons. The summed E-state index contributed by atoms with van der Waals surface area (Å²) in [7, 11) is 0. The Morgan fingerprint density at radius 3 is 2.60 bits per heavy atom. The lowest BCUT2D eigenvalue weighted by Gasteiger charge is -2.10. The first-order valence-corrected chi connectivity index (χ1v) is 4.78. The number of carbonyl (C=O) groups is 1. The minimum absolute atomic E-state index is 0.215. The third-order valence-electron chi connectivity index (χ3n) is 2.17. The fraction of sp³-hybridized carbons (Fsp3) is 0.364. The minimum atomic E-state index is -0.368. The molecule has 1 rings (SSSR count). The van der Waals surface area contributed by atoms with Crippen LogP contribution >= 0.6 is 0 Å². The Labute approximate surface area is 89.2 Å². The number of nitrogens with two attached hydrogens (primary N) is 2. The summed E-state index contributed by atoms with van der Waals surface area (Å²) in [5.74, 6) is 0.340. The van der Waals surface area contributed by atoms with Gasteiger partial charge in [0.1, 0.15) is 5.75 Å². The molecular weight excluding hydrogens is 192 g/mol. The van der Waals surface area contributed by atoms with Gasteiger partial charge in [0.25, 0.3) is 0 Å². The molecule has 0 saturated heterocycles. The van der Waals surface area contributed by atoms with Crippen LogP contribution in [0.1, 0.15) is 17.5 Å².